The molecule has 1 aromatic rings. The molecular weight excluding hydrogens is 338 g/mol. The van der Waals surface area contributed by atoms with Crippen LogP contribution < -0.4 is 5.73 Å². The fourth-order valence-corrected chi connectivity index (χ4v) is 3.79. The predicted molar refractivity (Wildman–Crippen MR) is 89.2 cm³/mol. The lowest BCUT2D eigenvalue weighted by Crippen LogP contribution is -2.42. The molecule has 2 rings (SSSR count). The van der Waals surface area contributed by atoms with Crippen molar-refractivity contribution in [1.82, 2.24) is 9.80 Å². The maximum Gasteiger partial charge on any atom is 0.0485 e. The lowest BCUT2D eigenvalue weighted by atomic mass is 10.0. The highest BCUT2D eigenvalue weighted by Crippen LogP contribution is 2.34. The molecule has 112 valence electrons. The molecule has 1 aromatic carbocycles. The smallest absolute Gasteiger partial charge is 0.0485 e. The Morgan fingerprint density at radius 2 is 2.25 bits per heavy atom. The van der Waals surface area contributed by atoms with E-state index in [2.05, 4.69) is 39.8 Å². The van der Waals surface area contributed by atoms with E-state index in [4.69, 9.17) is 17.3 Å². The number of hydrogen-bond acceptors (Lipinski definition) is 3. The van der Waals surface area contributed by atoms with E-state index in [1.165, 1.54) is 18.4 Å². The van der Waals surface area contributed by atoms with Crippen molar-refractivity contribution >= 4 is 27.5 Å². The molecule has 1 fully saturated rings. The number of rotatable bonds is 5. The SMILES string of the molecule is CN(C)CC1CCCN1C(CN)c1cc(Cl)ccc1Br. The van der Waals surface area contributed by atoms with Crippen LogP contribution in [0.2, 0.25) is 5.02 Å². The van der Waals surface area contributed by atoms with Gasteiger partial charge in [-0.25, -0.2) is 0 Å². The van der Waals surface area contributed by atoms with Crippen LogP contribution >= 0.6 is 27.5 Å². The third-order valence-electron chi connectivity index (χ3n) is 3.94. The van der Waals surface area contributed by atoms with E-state index < -0.39 is 0 Å². The summed E-state index contributed by atoms with van der Waals surface area (Å²) in [4.78, 5) is 4.79. The zero-order valence-electron chi connectivity index (χ0n) is 12.1. The van der Waals surface area contributed by atoms with Crippen LogP contribution in [-0.4, -0.2) is 49.6 Å². The van der Waals surface area contributed by atoms with Crippen LogP contribution in [0.25, 0.3) is 0 Å². The number of hydrogen-bond donors (Lipinski definition) is 1. The van der Waals surface area contributed by atoms with Gasteiger partial charge in [0.25, 0.3) is 0 Å². The van der Waals surface area contributed by atoms with Crippen molar-refractivity contribution in [2.75, 3.05) is 33.7 Å². The van der Waals surface area contributed by atoms with Crippen LogP contribution in [0.4, 0.5) is 0 Å². The molecule has 0 aliphatic carbocycles. The van der Waals surface area contributed by atoms with Crippen molar-refractivity contribution in [3.05, 3.63) is 33.3 Å². The summed E-state index contributed by atoms with van der Waals surface area (Å²) in [6.07, 6.45) is 2.49. The van der Waals surface area contributed by atoms with Gasteiger partial charge in [0, 0.05) is 34.7 Å². The fourth-order valence-electron chi connectivity index (χ4n) is 3.10. The van der Waals surface area contributed by atoms with Gasteiger partial charge in [-0.3, -0.25) is 4.90 Å². The number of benzene rings is 1. The highest BCUT2D eigenvalue weighted by atomic mass is 79.9. The van der Waals surface area contributed by atoms with Gasteiger partial charge >= 0.3 is 0 Å². The third kappa shape index (κ3) is 3.74. The molecule has 1 heterocycles. The van der Waals surface area contributed by atoms with Gasteiger partial charge in [0.05, 0.1) is 0 Å². The first kappa shape index (κ1) is 16.2. The summed E-state index contributed by atoms with van der Waals surface area (Å²) in [6.45, 7) is 2.80. The first-order chi connectivity index (χ1) is 9.52. The minimum Gasteiger partial charge on any atom is -0.329 e. The second-order valence-electron chi connectivity index (χ2n) is 5.71. The highest BCUT2D eigenvalue weighted by Gasteiger charge is 2.32. The molecule has 0 radical (unpaired) electrons. The standard InChI is InChI=1S/C15H23BrClN3/c1-19(2)10-12-4-3-7-20(12)15(9-18)13-8-11(17)5-6-14(13)16/h5-6,8,12,15H,3-4,7,9-10,18H2,1-2H3. The zero-order chi connectivity index (χ0) is 14.7. The second kappa shape index (κ2) is 7.23. The van der Waals surface area contributed by atoms with Gasteiger partial charge in [0.1, 0.15) is 0 Å². The Labute approximate surface area is 135 Å². The lowest BCUT2D eigenvalue weighted by Gasteiger charge is -2.34. The molecule has 0 saturated carbocycles. The topological polar surface area (TPSA) is 32.5 Å². The Balaban J connectivity index is 2.24. The molecule has 1 saturated heterocycles. The molecule has 0 aromatic heterocycles. The van der Waals surface area contributed by atoms with Crippen molar-refractivity contribution in [3.8, 4) is 0 Å². The summed E-state index contributed by atoms with van der Waals surface area (Å²) in [5.41, 5.74) is 7.28. The van der Waals surface area contributed by atoms with Crippen molar-refractivity contribution < 1.29 is 0 Å². The molecule has 2 unspecified atom stereocenters. The second-order valence-corrected chi connectivity index (χ2v) is 7.00. The van der Waals surface area contributed by atoms with Crippen LogP contribution in [0, 0.1) is 0 Å². The Bertz CT molecular complexity index is 453. The van der Waals surface area contributed by atoms with Crippen molar-refractivity contribution in [1.29, 1.82) is 0 Å². The Kier molecular flexibility index (Phi) is 5.87. The Morgan fingerprint density at radius 1 is 1.50 bits per heavy atom. The number of halogens is 2. The number of nitrogens with two attached hydrogens (primary N) is 1. The Morgan fingerprint density at radius 3 is 2.90 bits per heavy atom. The van der Waals surface area contributed by atoms with Crippen molar-refractivity contribution in [2.45, 2.75) is 24.9 Å². The van der Waals surface area contributed by atoms with Gasteiger partial charge in [-0.05, 0) is 57.2 Å². The molecule has 20 heavy (non-hydrogen) atoms. The third-order valence-corrected chi connectivity index (χ3v) is 4.90. The maximum absolute atomic E-state index is 6.16. The molecule has 3 nitrogen and oxygen atoms in total. The first-order valence-corrected chi connectivity index (χ1v) is 8.25. The number of nitrogens with zero attached hydrogens (tertiary/aromatic N) is 2. The quantitative estimate of drug-likeness (QED) is 0.875. The van der Waals surface area contributed by atoms with Gasteiger partial charge < -0.3 is 10.6 Å². The summed E-state index contributed by atoms with van der Waals surface area (Å²) in [5.74, 6) is 0. The van der Waals surface area contributed by atoms with Crippen LogP contribution in [0.3, 0.4) is 0 Å². The van der Waals surface area contributed by atoms with E-state index in [0.29, 0.717) is 12.6 Å². The predicted octanol–water partition coefficient (Wildman–Crippen LogP) is 3.13. The molecule has 2 N–H and O–H groups in total. The van der Waals surface area contributed by atoms with Gasteiger partial charge in [0.15, 0.2) is 0 Å². The normalized spacial score (nSPS) is 21.6. The van der Waals surface area contributed by atoms with Crippen LogP contribution in [-0.2, 0) is 0 Å². The van der Waals surface area contributed by atoms with Gasteiger partial charge in [0.2, 0.25) is 0 Å². The minimum absolute atomic E-state index is 0.232. The van der Waals surface area contributed by atoms with E-state index >= 15 is 0 Å². The first-order valence-electron chi connectivity index (χ1n) is 7.08. The molecule has 1 aliphatic rings. The fraction of sp³-hybridized carbons (Fsp3) is 0.600. The average Bonchev–Trinajstić information content (AvgIpc) is 2.82. The summed E-state index contributed by atoms with van der Waals surface area (Å²) < 4.78 is 1.09. The van der Waals surface area contributed by atoms with E-state index in [-0.39, 0.29) is 6.04 Å². The molecule has 5 heteroatoms. The van der Waals surface area contributed by atoms with Crippen LogP contribution in [0.5, 0.6) is 0 Å². The molecule has 2 atom stereocenters. The van der Waals surface area contributed by atoms with E-state index in [9.17, 15) is 0 Å². The average molecular weight is 361 g/mol. The summed E-state index contributed by atoms with van der Waals surface area (Å²) in [6, 6.07) is 6.76. The molecule has 0 bridgehead atoms. The Hall–Kier alpha value is -0.130. The molecule has 0 amide bonds. The summed E-state index contributed by atoms with van der Waals surface area (Å²) in [5, 5.41) is 0.769. The van der Waals surface area contributed by atoms with Gasteiger partial charge in [-0.15, -0.1) is 0 Å². The van der Waals surface area contributed by atoms with Crippen molar-refractivity contribution in [2.24, 2.45) is 5.73 Å². The van der Waals surface area contributed by atoms with Crippen LogP contribution in [0.15, 0.2) is 22.7 Å². The van der Waals surface area contributed by atoms with E-state index in [0.717, 1.165) is 22.6 Å². The van der Waals surface area contributed by atoms with E-state index in [1.807, 2.05) is 18.2 Å². The molecular formula is C15H23BrClN3. The minimum atomic E-state index is 0.232. The maximum atomic E-state index is 6.16. The van der Waals surface area contributed by atoms with E-state index in [1.54, 1.807) is 0 Å². The van der Waals surface area contributed by atoms with Gasteiger partial charge in [-0.1, -0.05) is 27.5 Å². The number of likely N-dealkylation sites (N-methyl/N-ethyl adjacent to an activating group) is 1. The van der Waals surface area contributed by atoms with Crippen molar-refractivity contribution in [3.63, 3.8) is 0 Å². The molecule has 1 aliphatic heterocycles. The monoisotopic (exact) mass is 359 g/mol. The zero-order valence-corrected chi connectivity index (χ0v) is 14.5. The highest BCUT2D eigenvalue weighted by molar-refractivity contribution is 9.10. The van der Waals surface area contributed by atoms with Gasteiger partial charge in [-0.2, -0.15) is 0 Å². The summed E-state index contributed by atoms with van der Waals surface area (Å²) in [7, 11) is 4.26. The van der Waals surface area contributed by atoms with Crippen LogP contribution in [0.1, 0.15) is 24.4 Å². The number of likely N-dealkylation sites (tertiary alicyclic amines) is 1. The lowest BCUT2D eigenvalue weighted by molar-refractivity contribution is 0.155. The summed E-state index contributed by atoms with van der Waals surface area (Å²) >= 11 is 9.80. The molecule has 0 spiro atoms. The largest absolute Gasteiger partial charge is 0.329 e.